The van der Waals surface area contributed by atoms with Crippen molar-refractivity contribution in [2.24, 2.45) is 0 Å². The summed E-state index contributed by atoms with van der Waals surface area (Å²) in [5.41, 5.74) is 2.06. The van der Waals surface area contributed by atoms with Gasteiger partial charge in [0.15, 0.2) is 5.58 Å². The summed E-state index contributed by atoms with van der Waals surface area (Å²) in [4.78, 5) is 24.2. The van der Waals surface area contributed by atoms with Gasteiger partial charge < -0.3 is 9.73 Å². The molecule has 1 aromatic heterocycles. The zero-order chi connectivity index (χ0) is 18.0. The lowest BCUT2D eigenvalue weighted by molar-refractivity contribution is -0.121. The number of carbonyl (C=O) groups is 1. The molecule has 0 aliphatic carbocycles. The van der Waals surface area contributed by atoms with Crippen LogP contribution >= 0.6 is 27.5 Å². The van der Waals surface area contributed by atoms with Gasteiger partial charge in [0.2, 0.25) is 5.91 Å². The van der Waals surface area contributed by atoms with Crippen molar-refractivity contribution in [3.63, 3.8) is 0 Å². The SMILES string of the molecule is C[C@@H](NC(=O)CCn1c(=O)oc2cc(Cl)ccc21)c1ccc(Br)cc1. The Morgan fingerprint density at radius 3 is 2.72 bits per heavy atom. The predicted molar refractivity (Wildman–Crippen MR) is 101 cm³/mol. The third kappa shape index (κ3) is 4.14. The van der Waals surface area contributed by atoms with Crippen molar-refractivity contribution in [3.05, 3.63) is 68.1 Å². The average Bonchev–Trinajstić information content (AvgIpc) is 2.87. The van der Waals surface area contributed by atoms with Crippen molar-refractivity contribution in [2.75, 3.05) is 0 Å². The molecule has 0 radical (unpaired) electrons. The third-order valence-corrected chi connectivity index (χ3v) is 4.70. The van der Waals surface area contributed by atoms with Crippen LogP contribution < -0.4 is 11.1 Å². The Labute approximate surface area is 157 Å². The van der Waals surface area contributed by atoms with E-state index in [-0.39, 0.29) is 24.9 Å². The first kappa shape index (κ1) is 17.8. The van der Waals surface area contributed by atoms with Gasteiger partial charge in [0.25, 0.3) is 0 Å². The topological polar surface area (TPSA) is 64.2 Å². The lowest BCUT2D eigenvalue weighted by Gasteiger charge is -2.14. The van der Waals surface area contributed by atoms with Gasteiger partial charge in [-0.2, -0.15) is 0 Å². The Balaban J connectivity index is 1.65. The predicted octanol–water partition coefficient (Wildman–Crippen LogP) is 4.28. The van der Waals surface area contributed by atoms with E-state index in [4.69, 9.17) is 16.0 Å². The number of nitrogens with one attached hydrogen (secondary N) is 1. The molecule has 0 saturated carbocycles. The van der Waals surface area contributed by atoms with Crippen LogP contribution in [0.4, 0.5) is 0 Å². The normalized spacial score (nSPS) is 12.3. The fourth-order valence-corrected chi connectivity index (χ4v) is 3.04. The zero-order valence-corrected chi connectivity index (χ0v) is 15.8. The Morgan fingerprint density at radius 2 is 2.00 bits per heavy atom. The van der Waals surface area contributed by atoms with Crippen molar-refractivity contribution in [3.8, 4) is 0 Å². The van der Waals surface area contributed by atoms with E-state index >= 15 is 0 Å². The molecule has 1 atom stereocenters. The molecule has 130 valence electrons. The van der Waals surface area contributed by atoms with Crippen LogP contribution in [0.5, 0.6) is 0 Å². The molecule has 3 aromatic rings. The summed E-state index contributed by atoms with van der Waals surface area (Å²) in [5, 5.41) is 3.43. The molecule has 1 N–H and O–H groups in total. The van der Waals surface area contributed by atoms with Gasteiger partial charge in [-0.15, -0.1) is 0 Å². The zero-order valence-electron chi connectivity index (χ0n) is 13.5. The van der Waals surface area contributed by atoms with Gasteiger partial charge in [0.1, 0.15) is 0 Å². The second kappa shape index (κ2) is 7.45. The molecule has 0 aliphatic rings. The van der Waals surface area contributed by atoms with Crippen LogP contribution in [0, 0.1) is 0 Å². The van der Waals surface area contributed by atoms with E-state index in [0.29, 0.717) is 16.1 Å². The van der Waals surface area contributed by atoms with E-state index in [2.05, 4.69) is 21.2 Å². The van der Waals surface area contributed by atoms with E-state index in [0.717, 1.165) is 10.0 Å². The van der Waals surface area contributed by atoms with Crippen LogP contribution in [0.3, 0.4) is 0 Å². The number of fused-ring (bicyclic) bond motifs is 1. The van der Waals surface area contributed by atoms with Crippen molar-refractivity contribution in [1.29, 1.82) is 0 Å². The molecule has 0 aliphatic heterocycles. The summed E-state index contributed by atoms with van der Waals surface area (Å²) in [7, 11) is 0. The highest BCUT2D eigenvalue weighted by Gasteiger charge is 2.13. The van der Waals surface area contributed by atoms with Gasteiger partial charge in [0, 0.05) is 28.5 Å². The van der Waals surface area contributed by atoms with Gasteiger partial charge in [0.05, 0.1) is 11.6 Å². The number of nitrogens with zero attached hydrogens (tertiary/aromatic N) is 1. The van der Waals surface area contributed by atoms with Gasteiger partial charge in [-0.05, 0) is 36.8 Å². The Morgan fingerprint density at radius 1 is 1.28 bits per heavy atom. The fourth-order valence-electron chi connectivity index (χ4n) is 2.61. The van der Waals surface area contributed by atoms with Crippen LogP contribution in [0.1, 0.15) is 24.9 Å². The molecule has 1 amide bonds. The number of hydrogen-bond donors (Lipinski definition) is 1. The second-order valence-electron chi connectivity index (χ2n) is 5.72. The summed E-state index contributed by atoms with van der Waals surface area (Å²) in [6.07, 6.45) is 0.179. The molecule has 0 fully saturated rings. The van der Waals surface area contributed by atoms with E-state index < -0.39 is 5.76 Å². The highest BCUT2D eigenvalue weighted by Crippen LogP contribution is 2.19. The number of aromatic nitrogens is 1. The molecule has 0 bridgehead atoms. The lowest BCUT2D eigenvalue weighted by atomic mass is 10.1. The van der Waals surface area contributed by atoms with Gasteiger partial charge in [-0.3, -0.25) is 9.36 Å². The number of amides is 1. The molecular weight excluding hydrogens is 408 g/mol. The largest absolute Gasteiger partial charge is 0.419 e. The quantitative estimate of drug-likeness (QED) is 0.666. The van der Waals surface area contributed by atoms with Crippen LogP contribution in [-0.4, -0.2) is 10.5 Å². The summed E-state index contributed by atoms with van der Waals surface area (Å²) >= 11 is 9.28. The molecule has 3 rings (SSSR count). The number of benzene rings is 2. The number of hydrogen-bond acceptors (Lipinski definition) is 3. The number of aryl methyl sites for hydroxylation is 1. The van der Waals surface area contributed by atoms with Gasteiger partial charge in [-0.1, -0.05) is 39.7 Å². The maximum atomic E-state index is 12.2. The maximum Gasteiger partial charge on any atom is 0.419 e. The maximum absolute atomic E-state index is 12.2. The number of oxazole rings is 1. The summed E-state index contributed by atoms with van der Waals surface area (Å²) in [6.45, 7) is 2.16. The molecule has 5 nitrogen and oxygen atoms in total. The number of halogens is 2. The average molecular weight is 424 g/mol. The second-order valence-corrected chi connectivity index (χ2v) is 7.07. The minimum absolute atomic E-state index is 0.114. The smallest absolute Gasteiger partial charge is 0.408 e. The molecular formula is C18H16BrClN2O3. The fraction of sp³-hybridized carbons (Fsp3) is 0.222. The van der Waals surface area contributed by atoms with Crippen LogP contribution in [0.15, 0.2) is 56.1 Å². The minimum atomic E-state index is -0.494. The standard InChI is InChI=1S/C18H16BrClN2O3/c1-11(12-2-4-13(19)5-3-12)21-17(23)8-9-22-15-7-6-14(20)10-16(15)25-18(22)24/h2-7,10-11H,8-9H2,1H3,(H,21,23)/t11-/m1/s1. The van der Waals surface area contributed by atoms with Crippen LogP contribution in [0.25, 0.3) is 11.1 Å². The molecule has 0 unspecified atom stereocenters. The van der Waals surface area contributed by atoms with E-state index in [1.165, 1.54) is 4.57 Å². The first-order valence-electron chi connectivity index (χ1n) is 7.78. The van der Waals surface area contributed by atoms with Gasteiger partial charge in [-0.25, -0.2) is 4.79 Å². The third-order valence-electron chi connectivity index (χ3n) is 3.94. The molecule has 1 heterocycles. The van der Waals surface area contributed by atoms with E-state index in [1.807, 2.05) is 31.2 Å². The minimum Gasteiger partial charge on any atom is -0.408 e. The highest BCUT2D eigenvalue weighted by atomic mass is 79.9. The first-order valence-corrected chi connectivity index (χ1v) is 8.95. The summed E-state index contributed by atoms with van der Waals surface area (Å²) in [5.74, 6) is -0.628. The summed E-state index contributed by atoms with van der Waals surface area (Å²) in [6, 6.07) is 12.6. The van der Waals surface area contributed by atoms with Gasteiger partial charge >= 0.3 is 5.76 Å². The molecule has 0 saturated heterocycles. The molecule has 2 aromatic carbocycles. The monoisotopic (exact) mass is 422 g/mol. The Hall–Kier alpha value is -2.05. The van der Waals surface area contributed by atoms with Crippen molar-refractivity contribution < 1.29 is 9.21 Å². The highest BCUT2D eigenvalue weighted by molar-refractivity contribution is 9.10. The number of carbonyl (C=O) groups excluding carboxylic acids is 1. The first-order chi connectivity index (χ1) is 11.9. The van der Waals surface area contributed by atoms with E-state index in [9.17, 15) is 9.59 Å². The number of rotatable bonds is 5. The Kier molecular flexibility index (Phi) is 5.30. The summed E-state index contributed by atoms with van der Waals surface area (Å²) < 4.78 is 7.59. The van der Waals surface area contributed by atoms with E-state index in [1.54, 1.807) is 18.2 Å². The lowest BCUT2D eigenvalue weighted by Crippen LogP contribution is -2.28. The van der Waals surface area contributed by atoms with Crippen molar-refractivity contribution in [1.82, 2.24) is 9.88 Å². The van der Waals surface area contributed by atoms with Crippen LogP contribution in [0.2, 0.25) is 5.02 Å². The molecule has 0 spiro atoms. The van der Waals surface area contributed by atoms with Crippen LogP contribution in [-0.2, 0) is 11.3 Å². The molecule has 25 heavy (non-hydrogen) atoms. The van der Waals surface area contributed by atoms with Crippen molar-refractivity contribution >= 4 is 44.5 Å². The molecule has 7 heteroatoms. The van der Waals surface area contributed by atoms with Crippen molar-refractivity contribution in [2.45, 2.75) is 25.9 Å². The Bertz CT molecular complexity index is 963.